The molecule has 21 heavy (non-hydrogen) atoms. The van der Waals surface area contributed by atoms with Crippen molar-refractivity contribution in [3.8, 4) is 0 Å². The Morgan fingerprint density at radius 2 is 2.19 bits per heavy atom. The van der Waals surface area contributed by atoms with Crippen molar-refractivity contribution in [3.63, 3.8) is 0 Å². The number of nitrogens with zero attached hydrogens (tertiary/aromatic N) is 1. The summed E-state index contributed by atoms with van der Waals surface area (Å²) in [6.07, 6.45) is 0. The summed E-state index contributed by atoms with van der Waals surface area (Å²) in [7, 11) is -2.97. The van der Waals surface area contributed by atoms with E-state index in [0.717, 1.165) is 5.69 Å². The molecule has 1 aromatic rings. The van der Waals surface area contributed by atoms with E-state index in [1.165, 1.54) is 0 Å². The molecule has 0 aliphatic carbocycles. The van der Waals surface area contributed by atoms with E-state index >= 15 is 0 Å². The number of esters is 1. The summed E-state index contributed by atoms with van der Waals surface area (Å²) in [5.41, 5.74) is 7.27. The van der Waals surface area contributed by atoms with E-state index in [-0.39, 0.29) is 24.2 Å². The van der Waals surface area contributed by atoms with Crippen LogP contribution in [0.2, 0.25) is 0 Å². The molecule has 0 bridgehead atoms. The number of hydrogen-bond acceptors (Lipinski definition) is 6. The number of rotatable bonds is 3. The number of nitrogen functional groups attached to an aromatic ring is 1. The third-order valence-electron chi connectivity index (χ3n) is 3.53. The highest BCUT2D eigenvalue weighted by molar-refractivity contribution is 7.91. The van der Waals surface area contributed by atoms with Gasteiger partial charge in [0.15, 0.2) is 9.84 Å². The first kappa shape index (κ1) is 15.6. The second-order valence-corrected chi connectivity index (χ2v) is 7.38. The van der Waals surface area contributed by atoms with Crippen LogP contribution in [0.3, 0.4) is 0 Å². The molecule has 0 spiro atoms. The standard InChI is InChI=1S/C14H20N2O4S/c1-3-20-14(17)12-8-11(4-5-13(12)15)16-6-7-21(18,19)9-10(16)2/h4-5,8,10H,3,6-7,9,15H2,1-2H3. The van der Waals surface area contributed by atoms with Gasteiger partial charge in [0.05, 0.1) is 23.7 Å². The minimum Gasteiger partial charge on any atom is -0.462 e. The van der Waals surface area contributed by atoms with Gasteiger partial charge in [-0.05, 0) is 32.0 Å². The molecule has 1 saturated heterocycles. The van der Waals surface area contributed by atoms with Crippen LogP contribution >= 0.6 is 0 Å². The molecule has 2 N–H and O–H groups in total. The molecule has 116 valence electrons. The predicted molar refractivity (Wildman–Crippen MR) is 82.3 cm³/mol. The molecular formula is C14H20N2O4S. The Morgan fingerprint density at radius 1 is 1.48 bits per heavy atom. The van der Waals surface area contributed by atoms with Crippen molar-refractivity contribution < 1.29 is 17.9 Å². The Bertz CT molecular complexity index is 642. The number of ether oxygens (including phenoxy) is 1. The fourth-order valence-electron chi connectivity index (χ4n) is 2.49. The number of hydrogen-bond donors (Lipinski definition) is 1. The highest BCUT2D eigenvalue weighted by atomic mass is 32.2. The van der Waals surface area contributed by atoms with E-state index in [0.29, 0.717) is 17.8 Å². The van der Waals surface area contributed by atoms with E-state index in [4.69, 9.17) is 10.5 Å². The quantitative estimate of drug-likeness (QED) is 0.663. The Hall–Kier alpha value is -1.76. The van der Waals surface area contributed by atoms with Gasteiger partial charge in [-0.3, -0.25) is 0 Å². The van der Waals surface area contributed by atoms with Gasteiger partial charge >= 0.3 is 5.97 Å². The van der Waals surface area contributed by atoms with Gasteiger partial charge in [0.25, 0.3) is 0 Å². The van der Waals surface area contributed by atoms with Gasteiger partial charge in [-0.25, -0.2) is 13.2 Å². The first-order valence-electron chi connectivity index (χ1n) is 6.88. The Kier molecular flexibility index (Phi) is 4.41. The molecule has 2 rings (SSSR count). The van der Waals surface area contributed by atoms with Crippen molar-refractivity contribution in [2.75, 3.05) is 35.3 Å². The molecule has 1 atom stereocenters. The highest BCUT2D eigenvalue weighted by Gasteiger charge is 2.28. The van der Waals surface area contributed by atoms with Crippen LogP contribution < -0.4 is 10.6 Å². The minimum absolute atomic E-state index is 0.117. The maximum absolute atomic E-state index is 11.9. The summed E-state index contributed by atoms with van der Waals surface area (Å²) in [5, 5.41) is 0. The van der Waals surface area contributed by atoms with E-state index in [9.17, 15) is 13.2 Å². The van der Waals surface area contributed by atoms with Gasteiger partial charge in [-0.1, -0.05) is 0 Å². The van der Waals surface area contributed by atoms with Crippen LogP contribution in [0.25, 0.3) is 0 Å². The van der Waals surface area contributed by atoms with Crippen LogP contribution in [0.5, 0.6) is 0 Å². The van der Waals surface area contributed by atoms with Crippen molar-refractivity contribution >= 4 is 27.2 Å². The van der Waals surface area contributed by atoms with Crippen LogP contribution in [-0.2, 0) is 14.6 Å². The molecule has 7 heteroatoms. The average molecular weight is 312 g/mol. The Morgan fingerprint density at radius 3 is 2.81 bits per heavy atom. The van der Waals surface area contributed by atoms with Crippen LogP contribution in [0.15, 0.2) is 18.2 Å². The van der Waals surface area contributed by atoms with E-state index in [2.05, 4.69) is 0 Å². The topological polar surface area (TPSA) is 89.7 Å². The highest BCUT2D eigenvalue weighted by Crippen LogP contribution is 2.26. The summed E-state index contributed by atoms with van der Waals surface area (Å²) in [4.78, 5) is 13.8. The zero-order valence-corrected chi connectivity index (χ0v) is 13.0. The first-order valence-corrected chi connectivity index (χ1v) is 8.70. The lowest BCUT2D eigenvalue weighted by molar-refractivity contribution is 0.0527. The second-order valence-electron chi connectivity index (χ2n) is 5.15. The predicted octanol–water partition coefficient (Wildman–Crippen LogP) is 1.07. The molecule has 1 aliphatic heterocycles. The summed E-state index contributed by atoms with van der Waals surface area (Å²) in [6, 6.07) is 4.98. The zero-order chi connectivity index (χ0) is 15.6. The fraction of sp³-hybridized carbons (Fsp3) is 0.500. The number of carbonyl (C=O) groups excluding carboxylic acids is 1. The molecule has 0 amide bonds. The fourth-order valence-corrected chi connectivity index (χ4v) is 4.05. The molecule has 0 saturated carbocycles. The summed E-state index contributed by atoms with van der Waals surface area (Å²) < 4.78 is 28.2. The molecule has 0 radical (unpaired) electrons. The average Bonchev–Trinajstić information content (AvgIpc) is 2.39. The van der Waals surface area contributed by atoms with Crippen LogP contribution in [0, 0.1) is 0 Å². The van der Waals surface area contributed by atoms with Crippen molar-refractivity contribution in [3.05, 3.63) is 23.8 Å². The number of anilines is 2. The third-order valence-corrected chi connectivity index (χ3v) is 5.33. The molecular weight excluding hydrogens is 292 g/mol. The van der Waals surface area contributed by atoms with Gasteiger partial charge in [0.2, 0.25) is 0 Å². The van der Waals surface area contributed by atoms with E-state index in [1.807, 2.05) is 11.8 Å². The van der Waals surface area contributed by atoms with Gasteiger partial charge in [-0.2, -0.15) is 0 Å². The van der Waals surface area contributed by atoms with Crippen LogP contribution in [0.4, 0.5) is 11.4 Å². The molecule has 0 aromatic heterocycles. The second kappa shape index (κ2) is 5.93. The first-order chi connectivity index (χ1) is 9.84. The van der Waals surface area contributed by atoms with Crippen molar-refractivity contribution in [1.29, 1.82) is 0 Å². The summed E-state index contributed by atoms with van der Waals surface area (Å²) >= 11 is 0. The van der Waals surface area contributed by atoms with Crippen LogP contribution in [0.1, 0.15) is 24.2 Å². The van der Waals surface area contributed by atoms with Gasteiger partial charge in [0.1, 0.15) is 0 Å². The Labute approximate surface area is 124 Å². The van der Waals surface area contributed by atoms with Crippen molar-refractivity contribution in [2.45, 2.75) is 19.9 Å². The smallest absolute Gasteiger partial charge is 0.340 e. The molecule has 1 heterocycles. The number of benzene rings is 1. The van der Waals surface area contributed by atoms with Crippen molar-refractivity contribution in [2.24, 2.45) is 0 Å². The van der Waals surface area contributed by atoms with Crippen molar-refractivity contribution in [1.82, 2.24) is 0 Å². The summed E-state index contributed by atoms with van der Waals surface area (Å²) in [6.45, 7) is 4.28. The molecule has 1 aromatic carbocycles. The molecule has 6 nitrogen and oxygen atoms in total. The molecule has 1 unspecified atom stereocenters. The number of sulfone groups is 1. The largest absolute Gasteiger partial charge is 0.462 e. The van der Waals surface area contributed by atoms with E-state index in [1.54, 1.807) is 25.1 Å². The lowest BCUT2D eigenvalue weighted by atomic mass is 10.1. The normalized spacial score (nSPS) is 21.0. The zero-order valence-electron chi connectivity index (χ0n) is 12.2. The number of carbonyl (C=O) groups is 1. The number of nitrogens with two attached hydrogens (primary N) is 1. The SMILES string of the molecule is CCOC(=O)c1cc(N2CCS(=O)(=O)CC2C)ccc1N. The molecule has 1 fully saturated rings. The Balaban J connectivity index is 2.29. The third kappa shape index (κ3) is 3.47. The lowest BCUT2D eigenvalue weighted by Crippen LogP contribution is -2.47. The lowest BCUT2D eigenvalue weighted by Gasteiger charge is -2.35. The van der Waals surface area contributed by atoms with Gasteiger partial charge in [0, 0.05) is 24.0 Å². The summed E-state index contributed by atoms with van der Waals surface area (Å²) in [5.74, 6) is -0.225. The van der Waals surface area contributed by atoms with Crippen LogP contribution in [-0.4, -0.2) is 45.1 Å². The van der Waals surface area contributed by atoms with Gasteiger partial charge < -0.3 is 15.4 Å². The monoisotopic (exact) mass is 312 g/mol. The maximum Gasteiger partial charge on any atom is 0.340 e. The maximum atomic E-state index is 11.9. The molecule has 1 aliphatic rings. The minimum atomic E-state index is -2.97. The van der Waals surface area contributed by atoms with E-state index < -0.39 is 15.8 Å². The van der Waals surface area contributed by atoms with Gasteiger partial charge in [-0.15, -0.1) is 0 Å².